The Morgan fingerprint density at radius 2 is 0.644 bits per heavy atom. The molecule has 0 fully saturated rings. The van der Waals surface area contributed by atoms with Gasteiger partial charge in [0.2, 0.25) is 0 Å². The third-order valence-corrected chi connectivity index (χ3v) is 14.3. The van der Waals surface area contributed by atoms with Gasteiger partial charge in [-0.1, -0.05) is 271 Å². The van der Waals surface area contributed by atoms with Gasteiger partial charge in [0.1, 0.15) is 4.75 Å². The van der Waals surface area contributed by atoms with Crippen molar-refractivity contribution < 1.29 is 91.9 Å². The molecule has 0 amide bonds. The van der Waals surface area contributed by atoms with Crippen LogP contribution in [0.1, 0.15) is 290 Å². The molecule has 340 valence electrons. The van der Waals surface area contributed by atoms with Gasteiger partial charge < -0.3 is 19.8 Å². The van der Waals surface area contributed by atoms with Crippen molar-refractivity contribution in [3.05, 3.63) is 0 Å². The Balaban J connectivity index is -0.0000157. The first-order valence-corrected chi connectivity index (χ1v) is 26.5. The van der Waals surface area contributed by atoms with Crippen molar-refractivity contribution in [1.82, 2.24) is 0 Å². The molecule has 0 aliphatic carbocycles. The molecule has 0 rings (SSSR count). The second-order valence-electron chi connectivity index (χ2n) is 17.9. The fourth-order valence-corrected chi connectivity index (χ4v) is 10.1. The molecule has 0 aliphatic rings. The molecule has 2 unspecified atom stereocenters. The van der Waals surface area contributed by atoms with Crippen LogP contribution in [0.2, 0.25) is 0 Å². The van der Waals surface area contributed by atoms with Crippen LogP contribution in [0.15, 0.2) is 0 Å². The summed E-state index contributed by atoms with van der Waals surface area (Å²) in [6.07, 6.45) is 47.4. The molecule has 1 N–H and O–H groups in total. The van der Waals surface area contributed by atoms with Crippen molar-refractivity contribution in [2.75, 3.05) is 0 Å². The number of rotatable bonds is 47. The van der Waals surface area contributed by atoms with Gasteiger partial charge in [0.05, 0.1) is 5.97 Å². The second-order valence-corrected chi connectivity index (χ2v) is 19.6. The normalized spacial score (nSPS) is 13.1. The summed E-state index contributed by atoms with van der Waals surface area (Å²) in [6, 6.07) is 0. The van der Waals surface area contributed by atoms with E-state index in [4.69, 9.17) is 0 Å². The smallest absolute Gasteiger partial charge is 0.550 e. The molecule has 7 nitrogen and oxygen atoms in total. The van der Waals surface area contributed by atoms with Crippen LogP contribution in [0.4, 0.5) is 0 Å². The molecule has 0 saturated heterocycles. The number of carbonyl (C=O) groups excluding carboxylic acids is 2. The first-order valence-electron chi connectivity index (χ1n) is 25.0. The van der Waals surface area contributed by atoms with E-state index in [1.807, 2.05) is 0 Å². The topological polar surface area (TPSA) is 135 Å². The van der Waals surface area contributed by atoms with E-state index < -0.39 is 39.1 Å². The van der Waals surface area contributed by atoms with Gasteiger partial charge in [0, 0.05) is 5.97 Å². The van der Waals surface area contributed by atoms with Gasteiger partial charge in [-0.05, 0) is 25.2 Å². The first kappa shape index (κ1) is 64.1. The van der Waals surface area contributed by atoms with Crippen LogP contribution < -0.4 is 69.3 Å². The molecule has 0 heterocycles. The minimum absolute atomic E-state index is 0. The predicted octanol–water partition coefficient (Wildman–Crippen LogP) is 7.55. The molecule has 0 aromatic carbocycles. The van der Waals surface area contributed by atoms with Gasteiger partial charge in [-0.25, -0.2) is 0 Å². The summed E-state index contributed by atoms with van der Waals surface area (Å²) in [5.41, 5.74) is 0. The van der Waals surface area contributed by atoms with Crippen molar-refractivity contribution >= 4 is 22.1 Å². The van der Waals surface area contributed by atoms with E-state index in [2.05, 4.69) is 13.8 Å². The van der Waals surface area contributed by atoms with E-state index in [-0.39, 0.29) is 78.4 Å². The van der Waals surface area contributed by atoms with E-state index in [0.29, 0.717) is 12.8 Å². The first-order chi connectivity index (χ1) is 27.6. The monoisotopic (exact) mass is 873 g/mol. The number of hydrogen-bond acceptors (Lipinski definition) is 6. The van der Waals surface area contributed by atoms with Crippen molar-refractivity contribution in [3.8, 4) is 0 Å². The summed E-state index contributed by atoms with van der Waals surface area (Å²) in [6.45, 7) is 4.53. The van der Waals surface area contributed by atoms with Crippen molar-refractivity contribution in [2.24, 2.45) is 5.92 Å². The van der Waals surface area contributed by atoms with Crippen molar-refractivity contribution in [3.63, 3.8) is 0 Å². The Kier molecular flexibility index (Phi) is 50.9. The Bertz CT molecular complexity index is 1010. The van der Waals surface area contributed by atoms with Gasteiger partial charge in [0.15, 0.2) is 0 Å². The standard InChI is InChI=1S/C49H96O7S.2Na/c1-3-5-7-9-11-13-15-17-19-21-23-25-27-29-31-33-35-37-39-41-43-46(45-47(50)51)49(48(52)53,57(54,55)56)44-42-40-38-36-34-32-30-28-26-24-22-20-18-16-14-12-10-8-6-4-2;;/h46H,3-45H2,1-2H3,(H,50,51)(H,52,53)(H,54,55,56);;/q;2*+1/p-2. The van der Waals surface area contributed by atoms with Gasteiger partial charge in [-0.15, -0.1) is 0 Å². The van der Waals surface area contributed by atoms with Crippen LogP contribution >= 0.6 is 0 Å². The van der Waals surface area contributed by atoms with Crippen LogP contribution in [0.3, 0.4) is 0 Å². The Morgan fingerprint density at radius 3 is 0.847 bits per heavy atom. The van der Waals surface area contributed by atoms with E-state index in [0.717, 1.165) is 44.9 Å². The third-order valence-electron chi connectivity index (χ3n) is 12.7. The van der Waals surface area contributed by atoms with Gasteiger partial charge in [-0.2, -0.15) is 8.42 Å². The zero-order valence-electron chi connectivity index (χ0n) is 39.8. The molecule has 59 heavy (non-hydrogen) atoms. The molecule has 0 aliphatic heterocycles. The average Bonchev–Trinajstić information content (AvgIpc) is 3.16. The molecular weight excluding hydrogens is 779 g/mol. The molecule has 0 bridgehead atoms. The second kappa shape index (κ2) is 46.8. The number of carboxylic acid groups (broad SMARTS) is 2. The molecule has 10 heteroatoms. The summed E-state index contributed by atoms with van der Waals surface area (Å²) in [7, 11) is -5.12. The maximum atomic E-state index is 12.7. The van der Waals surface area contributed by atoms with E-state index in [1.165, 1.54) is 193 Å². The maximum absolute atomic E-state index is 12.7. The molecule has 0 aromatic rings. The SMILES string of the molecule is CCCCCCCCCCCCCCCCCCCCCCC(CC(=O)[O-])C(CCCCCCCCCCCCCCCCCCCCCC)(C(=O)[O-])S(=O)(=O)O.[Na+].[Na+]. The van der Waals surface area contributed by atoms with E-state index in [9.17, 15) is 32.8 Å². The molecule has 0 aromatic heterocycles. The van der Waals surface area contributed by atoms with Crippen LogP contribution in [-0.2, 0) is 19.7 Å². The maximum Gasteiger partial charge on any atom is 1.00 e. The van der Waals surface area contributed by atoms with Crippen LogP contribution in [-0.4, -0.2) is 29.7 Å². The Hall–Kier alpha value is 0.850. The van der Waals surface area contributed by atoms with Gasteiger partial charge >= 0.3 is 59.1 Å². The fourth-order valence-electron chi connectivity index (χ4n) is 8.91. The molecule has 0 spiro atoms. The molecule has 2 atom stereocenters. The Morgan fingerprint density at radius 1 is 0.424 bits per heavy atom. The summed E-state index contributed by atoms with van der Waals surface area (Å²) in [5, 5.41) is 24.1. The van der Waals surface area contributed by atoms with Crippen LogP contribution in [0, 0.1) is 5.92 Å². The largest absolute Gasteiger partial charge is 1.00 e. The predicted molar refractivity (Wildman–Crippen MR) is 238 cm³/mol. The fraction of sp³-hybridized carbons (Fsp3) is 0.959. The quantitative estimate of drug-likeness (QED) is 0.0379. The van der Waals surface area contributed by atoms with E-state index in [1.54, 1.807) is 0 Å². The summed E-state index contributed by atoms with van der Waals surface area (Å²) < 4.78 is 33.0. The number of unbranched alkanes of at least 4 members (excludes halogenated alkanes) is 38. The third kappa shape index (κ3) is 37.9. The summed E-state index contributed by atoms with van der Waals surface area (Å²) in [5.74, 6) is -4.70. The summed E-state index contributed by atoms with van der Waals surface area (Å²) in [4.78, 5) is 24.1. The molecule has 0 saturated carbocycles. The van der Waals surface area contributed by atoms with Crippen molar-refractivity contribution in [1.29, 1.82) is 0 Å². The minimum atomic E-state index is -5.12. The number of hydrogen-bond donors (Lipinski definition) is 1. The minimum Gasteiger partial charge on any atom is -0.550 e. The van der Waals surface area contributed by atoms with Crippen LogP contribution in [0.25, 0.3) is 0 Å². The average molecular weight is 873 g/mol. The van der Waals surface area contributed by atoms with Crippen molar-refractivity contribution in [2.45, 2.75) is 295 Å². The van der Waals surface area contributed by atoms with Crippen LogP contribution in [0.5, 0.6) is 0 Å². The zero-order valence-corrected chi connectivity index (χ0v) is 44.6. The number of aliphatic carboxylic acids is 2. The van der Waals surface area contributed by atoms with Gasteiger partial charge in [0.25, 0.3) is 10.1 Å². The van der Waals surface area contributed by atoms with Gasteiger partial charge in [-0.3, -0.25) is 4.55 Å². The van der Waals surface area contributed by atoms with E-state index >= 15 is 0 Å². The number of carbonyl (C=O) groups is 2. The molecule has 0 radical (unpaired) electrons. The Labute approximate surface area is 411 Å². The summed E-state index contributed by atoms with van der Waals surface area (Å²) >= 11 is 0. The molecular formula is C49H94Na2O7S. The number of carboxylic acids is 2. The zero-order chi connectivity index (χ0) is 42.1.